The molecule has 3 aromatic rings. The highest BCUT2D eigenvalue weighted by atomic mass is 16.6. The molecule has 3 N–H and O–H groups in total. The van der Waals surface area contributed by atoms with E-state index < -0.39 is 0 Å². The highest BCUT2D eigenvalue weighted by Crippen LogP contribution is 2.31. The normalized spacial score (nSPS) is 18.1. The lowest BCUT2D eigenvalue weighted by Gasteiger charge is -2.22. The predicted molar refractivity (Wildman–Crippen MR) is 111 cm³/mol. The average molecular weight is 406 g/mol. The summed E-state index contributed by atoms with van der Waals surface area (Å²) in [6.07, 6.45) is 1.56. The predicted octanol–water partition coefficient (Wildman–Crippen LogP) is 2.51. The molecule has 2 amide bonds. The number of benzene rings is 2. The summed E-state index contributed by atoms with van der Waals surface area (Å²) >= 11 is 0. The number of rotatable bonds is 4. The molecule has 1 saturated heterocycles. The van der Waals surface area contributed by atoms with Gasteiger partial charge in [-0.3, -0.25) is 14.7 Å². The number of H-pyrrole nitrogens is 1. The van der Waals surface area contributed by atoms with Crippen molar-refractivity contribution in [3.05, 3.63) is 47.5 Å². The monoisotopic (exact) mass is 406 g/mol. The van der Waals surface area contributed by atoms with E-state index in [1.54, 1.807) is 0 Å². The third-order valence-electron chi connectivity index (χ3n) is 5.55. The molecule has 1 unspecified atom stereocenters. The molecule has 2 aromatic carbocycles. The van der Waals surface area contributed by atoms with Crippen LogP contribution in [0.5, 0.6) is 11.5 Å². The zero-order chi connectivity index (χ0) is 20.5. The Balaban J connectivity index is 1.31. The largest absolute Gasteiger partial charge is 0.486 e. The summed E-state index contributed by atoms with van der Waals surface area (Å²) in [4.78, 5) is 24.1. The molecule has 2 aliphatic rings. The second-order valence-corrected chi connectivity index (χ2v) is 7.62. The maximum atomic E-state index is 12.6. The van der Waals surface area contributed by atoms with Gasteiger partial charge in [-0.1, -0.05) is 12.1 Å². The fourth-order valence-corrected chi connectivity index (χ4v) is 3.96. The number of hydrogen-bond acceptors (Lipinski definition) is 5. The van der Waals surface area contributed by atoms with E-state index >= 15 is 0 Å². The second kappa shape index (κ2) is 7.70. The Bertz CT molecular complexity index is 1110. The molecule has 0 aliphatic carbocycles. The van der Waals surface area contributed by atoms with Gasteiger partial charge in [0.25, 0.3) is 0 Å². The lowest BCUT2D eigenvalue weighted by molar-refractivity contribution is -0.122. The summed E-state index contributed by atoms with van der Waals surface area (Å²) < 4.78 is 11.1. The molecular weight excluding hydrogens is 384 g/mol. The summed E-state index contributed by atoms with van der Waals surface area (Å²) in [5.74, 6) is 2.09. The van der Waals surface area contributed by atoms with Crippen molar-refractivity contribution in [3.8, 4) is 11.5 Å². The Labute approximate surface area is 172 Å². The van der Waals surface area contributed by atoms with Crippen LogP contribution in [-0.4, -0.2) is 41.8 Å². The van der Waals surface area contributed by atoms with Crippen molar-refractivity contribution in [3.63, 3.8) is 0 Å². The highest BCUT2D eigenvalue weighted by Gasteiger charge is 2.21. The van der Waals surface area contributed by atoms with Crippen molar-refractivity contribution in [1.29, 1.82) is 0 Å². The van der Waals surface area contributed by atoms with Gasteiger partial charge in [0.1, 0.15) is 13.2 Å². The van der Waals surface area contributed by atoms with E-state index in [-0.39, 0.29) is 24.2 Å². The lowest BCUT2D eigenvalue weighted by atomic mass is 9.91. The molecule has 0 spiro atoms. The molecule has 0 saturated carbocycles. The number of piperidine rings is 1. The number of fused-ring (bicyclic) bond motifs is 2. The standard InChI is InChI=1S/C22H22N4O4/c27-20-6-3-15(12-23-20)14-2-4-17-16(11-14)22(26-25-17)24-21(28)10-13-1-5-18-19(9-13)30-8-7-29-18/h1-2,4-5,9,11,15H,3,6-8,10,12H2,(H,23,27)(H2,24,25,26,28). The third kappa shape index (κ3) is 3.68. The molecule has 5 rings (SSSR count). The van der Waals surface area contributed by atoms with Crippen LogP contribution in [0.3, 0.4) is 0 Å². The van der Waals surface area contributed by atoms with Crippen molar-refractivity contribution in [2.45, 2.75) is 25.2 Å². The van der Waals surface area contributed by atoms with E-state index in [1.165, 1.54) is 0 Å². The second-order valence-electron chi connectivity index (χ2n) is 7.62. The SMILES string of the molecule is O=C1CCC(c2ccc3[nH]nc(NC(=O)Cc4ccc5c(c4)OCCO5)c3c2)CN1. The molecule has 1 aromatic heterocycles. The number of carbonyl (C=O) groups is 2. The molecule has 8 nitrogen and oxygen atoms in total. The first-order valence-electron chi connectivity index (χ1n) is 10.1. The molecule has 8 heteroatoms. The first-order valence-corrected chi connectivity index (χ1v) is 10.1. The van der Waals surface area contributed by atoms with Gasteiger partial charge >= 0.3 is 0 Å². The van der Waals surface area contributed by atoms with Crippen molar-refractivity contribution in [2.24, 2.45) is 0 Å². The zero-order valence-corrected chi connectivity index (χ0v) is 16.4. The molecule has 1 atom stereocenters. The van der Waals surface area contributed by atoms with Gasteiger partial charge in [-0.2, -0.15) is 5.10 Å². The molecule has 2 aliphatic heterocycles. The van der Waals surface area contributed by atoms with E-state index in [4.69, 9.17) is 9.47 Å². The van der Waals surface area contributed by atoms with Crippen molar-refractivity contribution in [2.75, 3.05) is 25.1 Å². The van der Waals surface area contributed by atoms with Gasteiger partial charge in [0, 0.05) is 24.3 Å². The van der Waals surface area contributed by atoms with Crippen molar-refractivity contribution < 1.29 is 19.1 Å². The van der Waals surface area contributed by atoms with Gasteiger partial charge in [-0.25, -0.2) is 0 Å². The fourth-order valence-electron chi connectivity index (χ4n) is 3.96. The summed E-state index contributed by atoms with van der Waals surface area (Å²) in [6.45, 7) is 1.68. The Hall–Kier alpha value is -3.55. The van der Waals surface area contributed by atoms with Gasteiger partial charge in [0.15, 0.2) is 17.3 Å². The summed E-state index contributed by atoms with van der Waals surface area (Å²) in [5.41, 5.74) is 2.83. The average Bonchev–Trinajstić information content (AvgIpc) is 3.16. The van der Waals surface area contributed by atoms with Crippen LogP contribution in [-0.2, 0) is 16.0 Å². The van der Waals surface area contributed by atoms with Gasteiger partial charge in [-0.05, 0) is 41.8 Å². The number of aromatic nitrogens is 2. The first-order chi connectivity index (χ1) is 14.7. The first kappa shape index (κ1) is 18.5. The fraction of sp³-hybridized carbons (Fsp3) is 0.318. The van der Waals surface area contributed by atoms with E-state index in [1.807, 2.05) is 36.4 Å². The number of ether oxygens (including phenoxy) is 2. The molecule has 3 heterocycles. The highest BCUT2D eigenvalue weighted by molar-refractivity contribution is 6.00. The number of carbonyl (C=O) groups excluding carboxylic acids is 2. The third-order valence-corrected chi connectivity index (χ3v) is 5.55. The van der Waals surface area contributed by atoms with Crippen molar-refractivity contribution >= 4 is 28.5 Å². The maximum absolute atomic E-state index is 12.6. The molecule has 0 bridgehead atoms. The van der Waals surface area contributed by atoms with Crippen LogP contribution in [0, 0.1) is 0 Å². The van der Waals surface area contributed by atoms with Crippen LogP contribution in [0.1, 0.15) is 29.9 Å². The number of nitrogens with one attached hydrogen (secondary N) is 3. The van der Waals surface area contributed by atoms with E-state index in [0.29, 0.717) is 43.5 Å². The smallest absolute Gasteiger partial charge is 0.230 e. The van der Waals surface area contributed by atoms with Crippen LogP contribution >= 0.6 is 0 Å². The van der Waals surface area contributed by atoms with E-state index in [0.717, 1.165) is 28.5 Å². The van der Waals surface area contributed by atoms with Crippen LogP contribution in [0.2, 0.25) is 0 Å². The van der Waals surface area contributed by atoms with Gasteiger partial charge in [-0.15, -0.1) is 0 Å². The van der Waals surface area contributed by atoms with Crippen LogP contribution in [0.4, 0.5) is 5.82 Å². The summed E-state index contributed by atoms with van der Waals surface area (Å²) in [5, 5.41) is 13.9. The molecule has 154 valence electrons. The topological polar surface area (TPSA) is 105 Å². The van der Waals surface area contributed by atoms with Gasteiger partial charge < -0.3 is 20.1 Å². The van der Waals surface area contributed by atoms with E-state index in [9.17, 15) is 9.59 Å². The summed E-state index contributed by atoms with van der Waals surface area (Å²) in [7, 11) is 0. The minimum atomic E-state index is -0.157. The molecule has 1 fully saturated rings. The maximum Gasteiger partial charge on any atom is 0.230 e. The summed E-state index contributed by atoms with van der Waals surface area (Å²) in [6, 6.07) is 11.6. The quantitative estimate of drug-likeness (QED) is 0.617. The number of amides is 2. The Morgan fingerprint density at radius 3 is 2.83 bits per heavy atom. The zero-order valence-electron chi connectivity index (χ0n) is 16.4. The van der Waals surface area contributed by atoms with Gasteiger partial charge in [0.05, 0.1) is 11.9 Å². The Morgan fingerprint density at radius 2 is 2.00 bits per heavy atom. The number of hydrogen-bond donors (Lipinski definition) is 3. The minimum absolute atomic E-state index is 0.0998. The van der Waals surface area contributed by atoms with E-state index in [2.05, 4.69) is 20.8 Å². The number of aromatic amines is 1. The van der Waals surface area contributed by atoms with Crippen LogP contribution in [0.25, 0.3) is 10.9 Å². The number of anilines is 1. The molecule has 0 radical (unpaired) electrons. The molecular formula is C22H22N4O4. The van der Waals surface area contributed by atoms with Gasteiger partial charge in [0.2, 0.25) is 11.8 Å². The minimum Gasteiger partial charge on any atom is -0.486 e. The van der Waals surface area contributed by atoms with Crippen LogP contribution < -0.4 is 20.1 Å². The van der Waals surface area contributed by atoms with Crippen LogP contribution in [0.15, 0.2) is 36.4 Å². The lowest BCUT2D eigenvalue weighted by Crippen LogP contribution is -2.33. The van der Waals surface area contributed by atoms with Crippen molar-refractivity contribution in [1.82, 2.24) is 15.5 Å². The number of nitrogens with zero attached hydrogens (tertiary/aromatic N) is 1. The Kier molecular flexibility index (Phi) is 4.74. The Morgan fingerprint density at radius 1 is 1.13 bits per heavy atom. The molecule has 30 heavy (non-hydrogen) atoms.